The van der Waals surface area contributed by atoms with Crippen molar-refractivity contribution in [1.82, 2.24) is 15.4 Å². The first-order valence-electron chi connectivity index (χ1n) is 5.18. The van der Waals surface area contributed by atoms with E-state index in [1.165, 1.54) is 12.2 Å². The zero-order valence-electron chi connectivity index (χ0n) is 10.0. The summed E-state index contributed by atoms with van der Waals surface area (Å²) in [6.45, 7) is 0.805. The third kappa shape index (κ3) is 10.0. The Hall–Kier alpha value is -0.859. The highest BCUT2D eigenvalue weighted by Gasteiger charge is 1.90. The summed E-state index contributed by atoms with van der Waals surface area (Å²) in [5.74, 6) is 0.222. The molecule has 98 valence electrons. The molecule has 1 rings (SSSR count). The van der Waals surface area contributed by atoms with Gasteiger partial charge in [0, 0.05) is 0 Å². The lowest BCUT2D eigenvalue weighted by molar-refractivity contribution is 0.500. The van der Waals surface area contributed by atoms with Gasteiger partial charge >= 0.3 is 0 Å². The summed E-state index contributed by atoms with van der Waals surface area (Å²) in [6.07, 6.45) is 2.48. The summed E-state index contributed by atoms with van der Waals surface area (Å²) in [5.41, 5.74) is 16.1. The van der Waals surface area contributed by atoms with Crippen molar-refractivity contribution in [3.05, 3.63) is 6.20 Å². The Labute approximate surface area is 108 Å². The average Bonchev–Trinajstić information content (AvgIpc) is 2.34. The van der Waals surface area contributed by atoms with Crippen molar-refractivity contribution < 1.29 is 8.23 Å². The lowest BCUT2D eigenvalue weighted by atomic mass is 10.5. The highest BCUT2D eigenvalue weighted by Crippen LogP contribution is 2.02. The average molecular weight is 293 g/mol. The zero-order chi connectivity index (χ0) is 12.9. The van der Waals surface area contributed by atoms with Gasteiger partial charge in [0.2, 0.25) is 0 Å². The van der Waals surface area contributed by atoms with Gasteiger partial charge in [-0.1, -0.05) is 0 Å². The molecule has 17 heavy (non-hydrogen) atoms. The fraction of sp³-hybridized carbons (Fsp3) is 0.500. The fourth-order valence-electron chi connectivity index (χ4n) is 0.777. The van der Waals surface area contributed by atoms with Gasteiger partial charge in [-0.25, -0.2) is 0 Å². The molecule has 1 aromatic heterocycles. The van der Waals surface area contributed by atoms with Crippen LogP contribution in [0.4, 0.5) is 11.5 Å². The van der Waals surface area contributed by atoms with Crippen LogP contribution in [0, 0.1) is 0 Å². The Morgan fingerprint density at radius 2 is 2.18 bits per heavy atom. The highest BCUT2D eigenvalue weighted by molar-refractivity contribution is 6.41. The van der Waals surface area contributed by atoms with Crippen LogP contribution in [0.15, 0.2) is 6.20 Å². The topological polar surface area (TPSA) is 135 Å². The molecular weight excluding hydrogens is 272 g/mol. The molecular formula is C6H20N6O2Si3. The Morgan fingerprint density at radius 1 is 1.41 bits per heavy atom. The first-order valence-corrected chi connectivity index (χ1v) is 8.73. The van der Waals surface area contributed by atoms with Gasteiger partial charge in [0.25, 0.3) is 10.0 Å². The molecule has 8 nitrogen and oxygen atoms in total. The summed E-state index contributed by atoms with van der Waals surface area (Å²) in [5, 5.41) is 9.99. The molecule has 0 atom stereocenters. The number of anilines is 2. The molecule has 11 heteroatoms. The lowest BCUT2D eigenvalue weighted by Crippen LogP contribution is -2.08. The van der Waals surface area contributed by atoms with Gasteiger partial charge in [-0.2, -0.15) is 0 Å². The maximum absolute atomic E-state index is 5.32. The minimum atomic E-state index is -0.524. The third-order valence-corrected chi connectivity index (χ3v) is 5.19. The molecule has 0 saturated heterocycles. The number of hydrogen-bond donors (Lipinski definition) is 3. The van der Waals surface area contributed by atoms with Crippen molar-refractivity contribution in [3.63, 3.8) is 0 Å². The molecule has 6 N–H and O–H groups in total. The SMILES string of the molecule is NCCC[SiH2]O[SiH2]O[SiH3].Nc1cnnnc1N. The van der Waals surface area contributed by atoms with E-state index in [4.69, 9.17) is 25.4 Å². The summed E-state index contributed by atoms with van der Waals surface area (Å²) < 4.78 is 10.3. The van der Waals surface area contributed by atoms with E-state index in [-0.39, 0.29) is 15.6 Å². The maximum atomic E-state index is 5.32. The zero-order valence-corrected chi connectivity index (χ0v) is 14.8. The number of rotatable bonds is 6. The van der Waals surface area contributed by atoms with Crippen LogP contribution in [0.5, 0.6) is 0 Å². The smallest absolute Gasteiger partial charge is 0.282 e. The predicted molar refractivity (Wildman–Crippen MR) is 76.3 cm³/mol. The fourth-order valence-corrected chi connectivity index (χ4v) is 4.72. The quantitative estimate of drug-likeness (QED) is 0.359. The third-order valence-electron chi connectivity index (χ3n) is 1.64. The summed E-state index contributed by atoms with van der Waals surface area (Å²) in [4.78, 5) is 0. The number of nitrogen functional groups attached to an aromatic ring is 2. The number of nitrogens with two attached hydrogens (primary N) is 3. The van der Waals surface area contributed by atoms with Crippen molar-refractivity contribution in [1.29, 1.82) is 0 Å². The van der Waals surface area contributed by atoms with Gasteiger partial charge in [-0.3, -0.25) is 0 Å². The predicted octanol–water partition coefficient (Wildman–Crippen LogP) is -3.81. The first-order chi connectivity index (χ1) is 8.22. The molecule has 0 aliphatic rings. The minimum absolute atomic E-state index is 0.222. The molecule has 0 amide bonds. The number of nitrogens with zero attached hydrogens (tertiary/aromatic N) is 3. The largest absolute Gasteiger partial charge is 0.449 e. The van der Waals surface area contributed by atoms with E-state index in [9.17, 15) is 0 Å². The minimum Gasteiger partial charge on any atom is -0.449 e. The molecule has 0 bridgehead atoms. The second-order valence-corrected chi connectivity index (χ2v) is 8.38. The highest BCUT2D eigenvalue weighted by atomic mass is 28.3. The summed E-state index contributed by atoms with van der Waals surface area (Å²) in [7, 11) is 0.0872. The van der Waals surface area contributed by atoms with Gasteiger partial charge in [-0.05, 0) is 24.2 Å². The van der Waals surface area contributed by atoms with Crippen LogP contribution >= 0.6 is 0 Å². The first kappa shape index (κ1) is 16.1. The Balaban J connectivity index is 0.000000302. The van der Waals surface area contributed by atoms with Gasteiger partial charge in [0.1, 0.15) is 20.2 Å². The lowest BCUT2D eigenvalue weighted by Gasteiger charge is -1.99. The Kier molecular flexibility index (Phi) is 11.0. The van der Waals surface area contributed by atoms with Crippen molar-refractivity contribution in [3.8, 4) is 0 Å². The normalized spacial score (nSPS) is 11.1. The van der Waals surface area contributed by atoms with E-state index in [1.54, 1.807) is 0 Å². The standard InChI is InChI=1S/C3H5N5.C3H15NO2Si3/c4-2-1-6-8-7-3(2)5;4-2-1-3-8-6-9-5-7/h1H,(H2,4,8)(H2,5,6,7);1-4,8-9H2,7H3. The Bertz CT molecular complexity index is 267. The van der Waals surface area contributed by atoms with Crippen LogP contribution < -0.4 is 17.2 Å². The van der Waals surface area contributed by atoms with Crippen molar-refractivity contribution in [2.75, 3.05) is 18.0 Å². The molecule has 0 aliphatic carbocycles. The molecule has 0 saturated carbocycles. The van der Waals surface area contributed by atoms with Crippen LogP contribution in [0.1, 0.15) is 6.42 Å². The van der Waals surface area contributed by atoms with E-state index in [0.717, 1.165) is 23.5 Å². The molecule has 0 spiro atoms. The van der Waals surface area contributed by atoms with Crippen molar-refractivity contribution in [2.24, 2.45) is 5.73 Å². The van der Waals surface area contributed by atoms with Crippen LogP contribution in [-0.2, 0) is 8.23 Å². The monoisotopic (exact) mass is 292 g/mol. The molecule has 1 heterocycles. The van der Waals surface area contributed by atoms with Crippen molar-refractivity contribution >= 4 is 41.8 Å². The van der Waals surface area contributed by atoms with Crippen molar-refractivity contribution in [2.45, 2.75) is 12.5 Å². The van der Waals surface area contributed by atoms with Crippen LogP contribution in [0.2, 0.25) is 6.04 Å². The maximum Gasteiger partial charge on any atom is 0.282 e. The molecule has 0 radical (unpaired) electrons. The van der Waals surface area contributed by atoms with Gasteiger partial charge in [0.15, 0.2) is 5.82 Å². The van der Waals surface area contributed by atoms with Crippen LogP contribution in [0.25, 0.3) is 0 Å². The second kappa shape index (κ2) is 11.6. The van der Waals surface area contributed by atoms with E-state index < -0.39 is 10.0 Å². The molecule has 0 unspecified atom stereocenters. The molecule has 1 aromatic rings. The van der Waals surface area contributed by atoms with Crippen LogP contribution in [0.3, 0.4) is 0 Å². The van der Waals surface area contributed by atoms with Gasteiger partial charge in [-0.15, -0.1) is 10.2 Å². The molecule has 0 fully saturated rings. The van der Waals surface area contributed by atoms with E-state index in [1.807, 2.05) is 0 Å². The second-order valence-electron chi connectivity index (χ2n) is 3.09. The molecule has 0 aliphatic heterocycles. The molecule has 0 aromatic carbocycles. The van der Waals surface area contributed by atoms with E-state index >= 15 is 0 Å². The summed E-state index contributed by atoms with van der Waals surface area (Å²) >= 11 is 0. The Morgan fingerprint density at radius 3 is 2.65 bits per heavy atom. The van der Waals surface area contributed by atoms with E-state index in [2.05, 4.69) is 15.4 Å². The number of hydrogen-bond acceptors (Lipinski definition) is 8. The van der Waals surface area contributed by atoms with Gasteiger partial charge in [0.05, 0.1) is 11.9 Å². The van der Waals surface area contributed by atoms with Gasteiger partial charge < -0.3 is 25.4 Å². The number of aromatic nitrogens is 3. The van der Waals surface area contributed by atoms with Crippen LogP contribution in [-0.4, -0.2) is 52.2 Å². The van der Waals surface area contributed by atoms with E-state index in [0.29, 0.717) is 5.69 Å². The summed E-state index contributed by atoms with van der Waals surface area (Å²) in [6, 6.07) is 1.22.